The number of unbranched alkanes of at least 4 members (excludes halogenated alkanes) is 1. The van der Waals surface area contributed by atoms with Gasteiger partial charge in [0, 0.05) is 0 Å². The number of hydrogen-bond acceptors (Lipinski definition) is 2. The summed E-state index contributed by atoms with van der Waals surface area (Å²) in [6.45, 7) is 2.19. The number of carbonyl (C=O) groups is 1. The maximum absolute atomic E-state index is 10.3. The molecule has 4 heteroatoms. The monoisotopic (exact) mass is 247 g/mol. The van der Waals surface area contributed by atoms with E-state index in [1.165, 1.54) is 30.3 Å². The minimum atomic E-state index is -1.11. The van der Waals surface area contributed by atoms with Crippen LogP contribution in [0.1, 0.15) is 30.1 Å². The molecule has 0 aliphatic rings. The van der Waals surface area contributed by atoms with E-state index in [1.54, 1.807) is 12.1 Å². The zero-order valence-corrected chi connectivity index (χ0v) is 9.92. The van der Waals surface area contributed by atoms with Crippen molar-refractivity contribution in [3.8, 4) is 5.75 Å². The number of hydrogen-bond donors (Lipinski definition) is 2. The summed E-state index contributed by atoms with van der Waals surface area (Å²) >= 11 is 2.94. The minimum Gasteiger partial charge on any atom is -0.507 e. The van der Waals surface area contributed by atoms with Gasteiger partial charge in [0.1, 0.15) is 11.3 Å². The Bertz CT molecular complexity index is 298. The van der Waals surface area contributed by atoms with Crippen LogP contribution in [-0.2, 0) is 16.3 Å². The average Bonchev–Trinajstić information content (AvgIpc) is 2.20. The van der Waals surface area contributed by atoms with Gasteiger partial charge in [-0.05, 0) is 12.1 Å². The molecule has 0 aliphatic carbocycles. The van der Waals surface area contributed by atoms with Crippen molar-refractivity contribution >= 4 is 5.97 Å². The standard InChI is InChI=1S/C7H6O3.C4H9.Cr/c8-6-4-2-1-3-5(6)7(9)10;1-3-4-2;/h1-4,8H,(H,9,10);1,3-4H2,2H3;. The van der Waals surface area contributed by atoms with E-state index in [-0.39, 0.29) is 11.3 Å². The maximum Gasteiger partial charge on any atom is 0.339 e. The van der Waals surface area contributed by atoms with Gasteiger partial charge in [0.2, 0.25) is 0 Å². The fourth-order valence-corrected chi connectivity index (χ4v) is 1.25. The van der Waals surface area contributed by atoms with Crippen LogP contribution in [0.15, 0.2) is 24.3 Å². The molecule has 83 valence electrons. The van der Waals surface area contributed by atoms with Crippen molar-refractivity contribution in [2.24, 2.45) is 0 Å². The Morgan fingerprint density at radius 2 is 2.00 bits per heavy atom. The predicted octanol–water partition coefficient (Wildman–Crippen LogP) is 2.84. The molecule has 0 fully saturated rings. The zero-order chi connectivity index (χ0) is 11.7. The summed E-state index contributed by atoms with van der Waals surface area (Å²) in [5.74, 6) is -1.31. The van der Waals surface area contributed by atoms with Gasteiger partial charge in [-0.3, -0.25) is 0 Å². The molecule has 0 spiro atoms. The van der Waals surface area contributed by atoms with Crippen molar-refractivity contribution in [3.63, 3.8) is 0 Å². The molecule has 0 radical (unpaired) electrons. The first-order valence-corrected chi connectivity index (χ1v) is 5.63. The predicted molar refractivity (Wildman–Crippen MR) is 54.8 cm³/mol. The molecule has 0 bridgehead atoms. The van der Waals surface area contributed by atoms with Gasteiger partial charge in [0.25, 0.3) is 0 Å². The van der Waals surface area contributed by atoms with Crippen LogP contribution in [0.4, 0.5) is 0 Å². The van der Waals surface area contributed by atoms with Gasteiger partial charge in [-0.1, -0.05) is 12.1 Å². The van der Waals surface area contributed by atoms with Crippen molar-refractivity contribution < 1.29 is 31.3 Å². The van der Waals surface area contributed by atoms with Crippen molar-refractivity contribution in [1.82, 2.24) is 0 Å². The van der Waals surface area contributed by atoms with Crippen LogP contribution in [0.3, 0.4) is 0 Å². The second-order valence-electron chi connectivity index (χ2n) is 2.88. The normalized spacial score (nSPS) is 8.87. The third-order valence-electron chi connectivity index (χ3n) is 1.63. The van der Waals surface area contributed by atoms with Crippen molar-refractivity contribution in [1.29, 1.82) is 0 Å². The van der Waals surface area contributed by atoms with Crippen LogP contribution in [0.5, 0.6) is 5.75 Å². The molecule has 1 rings (SSSR count). The van der Waals surface area contributed by atoms with E-state index in [0.717, 1.165) is 0 Å². The molecule has 0 aromatic heterocycles. The summed E-state index contributed by atoms with van der Waals surface area (Å²) in [5, 5.41) is 18.5. The SMILES string of the molecule is CCC[CH2][Cr].O=C(O)c1ccccc1O. The van der Waals surface area contributed by atoms with Gasteiger partial charge < -0.3 is 10.2 Å². The number of aromatic carboxylic acids is 1. The number of phenols is 1. The van der Waals surface area contributed by atoms with Crippen molar-refractivity contribution in [2.45, 2.75) is 25.0 Å². The molecule has 0 aliphatic heterocycles. The van der Waals surface area contributed by atoms with Gasteiger partial charge in [-0.15, -0.1) is 0 Å². The fourth-order valence-electron chi connectivity index (χ4n) is 0.799. The molecule has 15 heavy (non-hydrogen) atoms. The second kappa shape index (κ2) is 8.34. The Labute approximate surface area is 98.2 Å². The molecule has 1 aromatic rings. The summed E-state index contributed by atoms with van der Waals surface area (Å²) in [7, 11) is 0. The van der Waals surface area contributed by atoms with Gasteiger partial charge in [0.05, 0.1) is 0 Å². The Kier molecular flexibility index (Phi) is 7.80. The van der Waals surface area contributed by atoms with Crippen molar-refractivity contribution in [2.75, 3.05) is 0 Å². The van der Waals surface area contributed by atoms with Crippen LogP contribution in [-0.4, -0.2) is 16.2 Å². The molecule has 3 nitrogen and oxygen atoms in total. The third-order valence-corrected chi connectivity index (χ3v) is 2.08. The zero-order valence-electron chi connectivity index (χ0n) is 8.64. The van der Waals surface area contributed by atoms with E-state index >= 15 is 0 Å². The number of aromatic hydroxyl groups is 1. The fraction of sp³-hybridized carbons (Fsp3) is 0.364. The molecule has 0 atom stereocenters. The van der Waals surface area contributed by atoms with Crippen LogP contribution in [0, 0.1) is 0 Å². The molecule has 0 heterocycles. The number of carboxylic acid groups (broad SMARTS) is 1. The second-order valence-corrected chi connectivity index (χ2v) is 3.52. The van der Waals surface area contributed by atoms with E-state index in [0.29, 0.717) is 0 Å². The molecule has 1 aromatic carbocycles. The van der Waals surface area contributed by atoms with E-state index in [2.05, 4.69) is 23.2 Å². The van der Waals surface area contributed by atoms with Gasteiger partial charge >= 0.3 is 47.3 Å². The van der Waals surface area contributed by atoms with Crippen molar-refractivity contribution in [3.05, 3.63) is 29.8 Å². The number of benzene rings is 1. The summed E-state index contributed by atoms with van der Waals surface area (Å²) < 4.78 is 0. The topological polar surface area (TPSA) is 57.5 Å². The molecule has 0 saturated carbocycles. The number of para-hydroxylation sites is 1. The Balaban J connectivity index is 0.000000336. The largest absolute Gasteiger partial charge is 0.507 e. The van der Waals surface area contributed by atoms with Crippen LogP contribution in [0.25, 0.3) is 0 Å². The van der Waals surface area contributed by atoms with Crippen LogP contribution < -0.4 is 0 Å². The van der Waals surface area contributed by atoms with E-state index in [9.17, 15) is 4.79 Å². The maximum atomic E-state index is 10.3. The van der Waals surface area contributed by atoms with E-state index < -0.39 is 5.97 Å². The van der Waals surface area contributed by atoms with Crippen LogP contribution >= 0.6 is 0 Å². The van der Waals surface area contributed by atoms with Gasteiger partial charge in [-0.25, -0.2) is 4.79 Å². The summed E-state index contributed by atoms with van der Waals surface area (Å²) in [6.07, 6.45) is 2.65. The quantitative estimate of drug-likeness (QED) is 0.863. The molecular formula is C11H15CrO3. The third kappa shape index (κ3) is 6.16. The number of rotatable bonds is 3. The molecule has 0 saturated heterocycles. The van der Waals surface area contributed by atoms with E-state index in [4.69, 9.17) is 10.2 Å². The summed E-state index contributed by atoms with van der Waals surface area (Å²) in [6, 6.07) is 5.81. The number of carboxylic acids is 1. The first kappa shape index (κ1) is 14.0. The van der Waals surface area contributed by atoms with E-state index in [1.807, 2.05) is 0 Å². The Morgan fingerprint density at radius 1 is 1.40 bits per heavy atom. The summed E-state index contributed by atoms with van der Waals surface area (Å²) in [5.41, 5.74) is -0.0671. The molecule has 2 N–H and O–H groups in total. The Hall–Kier alpha value is -0.978. The Morgan fingerprint density at radius 3 is 2.27 bits per heavy atom. The average molecular weight is 247 g/mol. The minimum absolute atomic E-state index is 0.0671. The first-order valence-electron chi connectivity index (χ1n) is 4.72. The first-order chi connectivity index (χ1) is 7.13. The smallest absolute Gasteiger partial charge is 0.339 e. The van der Waals surface area contributed by atoms with Gasteiger partial charge in [0.15, 0.2) is 0 Å². The van der Waals surface area contributed by atoms with Crippen LogP contribution in [0.2, 0.25) is 5.28 Å². The summed E-state index contributed by atoms with van der Waals surface area (Å²) in [4.78, 5) is 10.3. The molecule has 0 unspecified atom stereocenters. The molecular weight excluding hydrogens is 232 g/mol. The van der Waals surface area contributed by atoms with Gasteiger partial charge in [-0.2, -0.15) is 0 Å². The molecule has 0 amide bonds.